The van der Waals surface area contributed by atoms with Gasteiger partial charge in [0, 0.05) is 28.7 Å². The molecule has 1 aliphatic carbocycles. The number of nitrogens with zero attached hydrogens (tertiary/aromatic N) is 2. The molecule has 1 saturated carbocycles. The summed E-state index contributed by atoms with van der Waals surface area (Å²) < 4.78 is 0. The third-order valence-electron chi connectivity index (χ3n) is 6.36. The molecule has 3 aromatic carbocycles. The average molecular weight is 496 g/mol. The van der Waals surface area contributed by atoms with Crippen LogP contribution in [0.2, 0.25) is 0 Å². The summed E-state index contributed by atoms with van der Waals surface area (Å²) in [5.41, 5.74) is 9.05. The number of carbonyl (C=O) groups excluding carboxylic acids is 1. The van der Waals surface area contributed by atoms with Crippen molar-refractivity contribution in [1.29, 1.82) is 0 Å². The minimum absolute atomic E-state index is 0.313. The van der Waals surface area contributed by atoms with Gasteiger partial charge < -0.3 is 15.0 Å². The summed E-state index contributed by atoms with van der Waals surface area (Å²) in [6.07, 6.45) is 3.24. The zero-order chi connectivity index (χ0) is 25.9. The molecule has 4 N–H and O–H groups in total. The molecule has 1 fully saturated rings. The van der Waals surface area contributed by atoms with Crippen molar-refractivity contribution >= 4 is 34.8 Å². The molecule has 0 saturated heterocycles. The zero-order valence-corrected chi connectivity index (χ0v) is 20.8. The van der Waals surface area contributed by atoms with Gasteiger partial charge >= 0.3 is 6.09 Å². The number of benzene rings is 3. The Balaban J connectivity index is 0.000000260. The summed E-state index contributed by atoms with van der Waals surface area (Å²) >= 11 is 0. The fourth-order valence-electron chi connectivity index (χ4n) is 4.64. The molecule has 8 nitrogen and oxygen atoms in total. The SMILES string of the molecule is CN(C)Cc1cccc(-c2[nH]c3cc(NC(=O)O)cc4c3c2C=NNC4=O)c1.c1ccc(C2CC2)cc1. The number of hydrogen-bond donors (Lipinski definition) is 4. The largest absolute Gasteiger partial charge is 0.465 e. The second kappa shape index (κ2) is 10.3. The molecule has 0 spiro atoms. The molecule has 37 heavy (non-hydrogen) atoms. The van der Waals surface area contributed by atoms with Crippen molar-refractivity contribution < 1.29 is 14.7 Å². The van der Waals surface area contributed by atoms with Gasteiger partial charge in [0.2, 0.25) is 0 Å². The van der Waals surface area contributed by atoms with Gasteiger partial charge in [-0.1, -0.05) is 48.5 Å². The highest BCUT2D eigenvalue weighted by atomic mass is 16.4. The average Bonchev–Trinajstić information content (AvgIpc) is 3.67. The van der Waals surface area contributed by atoms with Gasteiger partial charge in [-0.05, 0) is 67.7 Å². The van der Waals surface area contributed by atoms with Crippen molar-refractivity contribution in [3.63, 3.8) is 0 Å². The van der Waals surface area contributed by atoms with E-state index >= 15 is 0 Å². The molecule has 2 aliphatic rings. The zero-order valence-electron chi connectivity index (χ0n) is 20.8. The van der Waals surface area contributed by atoms with E-state index in [0.29, 0.717) is 22.2 Å². The Morgan fingerprint density at radius 2 is 1.86 bits per heavy atom. The maximum absolute atomic E-state index is 12.4. The highest BCUT2D eigenvalue weighted by Gasteiger charge is 2.23. The molecule has 6 rings (SSSR count). The van der Waals surface area contributed by atoms with Crippen LogP contribution in [0.25, 0.3) is 22.2 Å². The summed E-state index contributed by atoms with van der Waals surface area (Å²) in [4.78, 5) is 28.9. The molecule has 4 aromatic rings. The third-order valence-corrected chi connectivity index (χ3v) is 6.36. The van der Waals surface area contributed by atoms with Gasteiger partial charge in [-0.25, -0.2) is 10.2 Å². The standard InChI is InChI=1S/C20H19N5O3.C9H10/c1-25(2)10-11-4-3-5-12(6-11)18-15-9-21-24-19(26)14-7-13(22-20(27)28)8-16(23-18)17(14)15;1-2-4-8(5-3-1)9-6-7-9/h3-9,22-23H,10H2,1-2H3,(H,24,26)(H,27,28);1-5,9H,6-7H2. The van der Waals surface area contributed by atoms with Crippen molar-refractivity contribution in [1.82, 2.24) is 15.3 Å². The smallest absolute Gasteiger partial charge is 0.409 e. The first-order chi connectivity index (χ1) is 17.9. The fraction of sp³-hybridized carbons (Fsp3) is 0.207. The Kier molecular flexibility index (Phi) is 6.74. The van der Waals surface area contributed by atoms with E-state index in [0.717, 1.165) is 34.8 Å². The molecule has 0 radical (unpaired) electrons. The number of H-pyrrole nitrogens is 1. The summed E-state index contributed by atoms with van der Waals surface area (Å²) in [5.74, 6) is 0.521. The number of hydrogen-bond acceptors (Lipinski definition) is 4. The van der Waals surface area contributed by atoms with E-state index in [9.17, 15) is 9.59 Å². The van der Waals surface area contributed by atoms with E-state index in [-0.39, 0.29) is 5.91 Å². The van der Waals surface area contributed by atoms with Crippen LogP contribution in [0, 0.1) is 0 Å². The molecule has 2 amide bonds. The molecule has 0 bridgehead atoms. The van der Waals surface area contributed by atoms with E-state index in [4.69, 9.17) is 5.11 Å². The van der Waals surface area contributed by atoms with Crippen LogP contribution in [0.15, 0.2) is 71.8 Å². The van der Waals surface area contributed by atoms with Crippen molar-refractivity contribution in [3.8, 4) is 11.3 Å². The van der Waals surface area contributed by atoms with Crippen LogP contribution in [0.3, 0.4) is 0 Å². The van der Waals surface area contributed by atoms with E-state index in [1.54, 1.807) is 12.3 Å². The van der Waals surface area contributed by atoms with E-state index < -0.39 is 6.09 Å². The first-order valence-corrected chi connectivity index (χ1v) is 12.2. The maximum Gasteiger partial charge on any atom is 0.409 e. The molecule has 1 aliphatic heterocycles. The van der Waals surface area contributed by atoms with E-state index in [2.05, 4.69) is 68.2 Å². The molecule has 8 heteroatoms. The third kappa shape index (κ3) is 5.54. The van der Waals surface area contributed by atoms with Crippen LogP contribution in [-0.4, -0.2) is 47.3 Å². The Hall–Kier alpha value is -4.43. The van der Waals surface area contributed by atoms with Crippen molar-refractivity contribution in [2.75, 3.05) is 19.4 Å². The lowest BCUT2D eigenvalue weighted by Gasteiger charge is -2.10. The normalized spacial score (nSPS) is 14.1. The second-order valence-electron chi connectivity index (χ2n) is 9.61. The topological polar surface area (TPSA) is 110 Å². The summed E-state index contributed by atoms with van der Waals surface area (Å²) in [6.45, 7) is 0.801. The Bertz CT molecular complexity index is 1490. The van der Waals surface area contributed by atoms with Crippen LogP contribution in [0.5, 0.6) is 0 Å². The number of amides is 2. The molecule has 2 heterocycles. The highest BCUT2D eigenvalue weighted by Crippen LogP contribution is 2.39. The Labute approximate surface area is 215 Å². The summed E-state index contributed by atoms with van der Waals surface area (Å²) in [7, 11) is 4.02. The van der Waals surface area contributed by atoms with Gasteiger partial charge in [-0.3, -0.25) is 10.1 Å². The fourth-order valence-corrected chi connectivity index (χ4v) is 4.64. The lowest BCUT2D eigenvalue weighted by Crippen LogP contribution is -2.17. The van der Waals surface area contributed by atoms with Gasteiger partial charge in [0.15, 0.2) is 0 Å². The van der Waals surface area contributed by atoms with Gasteiger partial charge in [-0.2, -0.15) is 5.10 Å². The minimum atomic E-state index is -1.19. The van der Waals surface area contributed by atoms with E-state index in [1.165, 1.54) is 24.5 Å². The van der Waals surface area contributed by atoms with Crippen LogP contribution in [0.1, 0.15) is 45.8 Å². The first kappa shape index (κ1) is 24.3. The number of anilines is 1. The lowest BCUT2D eigenvalue weighted by molar-refractivity contribution is 0.0957. The number of carbonyl (C=O) groups is 2. The van der Waals surface area contributed by atoms with Crippen LogP contribution in [-0.2, 0) is 6.54 Å². The van der Waals surface area contributed by atoms with Crippen molar-refractivity contribution in [2.45, 2.75) is 25.3 Å². The van der Waals surface area contributed by atoms with Gasteiger partial charge in [0.25, 0.3) is 5.91 Å². The van der Waals surface area contributed by atoms with Gasteiger partial charge in [0.05, 0.1) is 17.5 Å². The first-order valence-electron chi connectivity index (χ1n) is 12.2. The molecule has 1 aromatic heterocycles. The van der Waals surface area contributed by atoms with Gasteiger partial charge in [-0.15, -0.1) is 0 Å². The quantitative estimate of drug-likeness (QED) is 0.288. The lowest BCUT2D eigenvalue weighted by atomic mass is 10.0. The predicted molar refractivity (Wildman–Crippen MR) is 146 cm³/mol. The number of nitrogens with one attached hydrogen (secondary N) is 3. The monoisotopic (exact) mass is 495 g/mol. The Morgan fingerprint density at radius 3 is 2.57 bits per heavy atom. The van der Waals surface area contributed by atoms with Crippen molar-refractivity contribution in [3.05, 3.63) is 89.0 Å². The summed E-state index contributed by atoms with van der Waals surface area (Å²) in [5, 5.41) is 16.1. The number of carboxylic acid groups (broad SMARTS) is 1. The summed E-state index contributed by atoms with van der Waals surface area (Å²) in [6, 6.07) is 22.1. The Morgan fingerprint density at radius 1 is 1.08 bits per heavy atom. The predicted octanol–water partition coefficient (Wildman–Crippen LogP) is 5.63. The second-order valence-corrected chi connectivity index (χ2v) is 9.61. The molecular formula is C29H29N5O3. The molecule has 188 valence electrons. The molecular weight excluding hydrogens is 466 g/mol. The number of aromatic nitrogens is 1. The van der Waals surface area contributed by atoms with Crippen LogP contribution >= 0.6 is 0 Å². The highest BCUT2D eigenvalue weighted by molar-refractivity contribution is 6.18. The number of aromatic amines is 1. The number of rotatable bonds is 5. The molecule has 0 atom stereocenters. The van der Waals surface area contributed by atoms with Crippen LogP contribution in [0.4, 0.5) is 10.5 Å². The maximum atomic E-state index is 12.4. The van der Waals surface area contributed by atoms with Crippen LogP contribution < -0.4 is 10.7 Å². The van der Waals surface area contributed by atoms with E-state index in [1.807, 2.05) is 26.2 Å². The van der Waals surface area contributed by atoms with Gasteiger partial charge in [0.1, 0.15) is 0 Å². The minimum Gasteiger partial charge on any atom is -0.465 e. The molecule has 0 unspecified atom stereocenters. The van der Waals surface area contributed by atoms with Crippen molar-refractivity contribution in [2.24, 2.45) is 5.10 Å². The number of hydrazone groups is 1.